The van der Waals surface area contributed by atoms with Gasteiger partial charge in [-0.3, -0.25) is 9.78 Å². The maximum absolute atomic E-state index is 13.0. The lowest BCUT2D eigenvalue weighted by Gasteiger charge is -2.26. The Morgan fingerprint density at radius 2 is 1.95 bits per heavy atom. The molecule has 2 aromatic rings. The highest BCUT2D eigenvalue weighted by Gasteiger charge is 2.40. The highest BCUT2D eigenvalue weighted by molar-refractivity contribution is 6.09. The standard InChI is InChI=1S/C17H19NO/c1-2-17(10-3-4-11-17)16(19)14-9-5-7-13-8-6-12-18-15(13)14/h5-9,12H,2-4,10-11H2,1H3. The first-order valence-electron chi connectivity index (χ1n) is 7.15. The van der Waals surface area contributed by atoms with Gasteiger partial charge < -0.3 is 0 Å². The van der Waals surface area contributed by atoms with Crippen molar-refractivity contribution < 1.29 is 4.79 Å². The van der Waals surface area contributed by atoms with Crippen LogP contribution >= 0.6 is 0 Å². The molecule has 1 aromatic heterocycles. The van der Waals surface area contributed by atoms with Crippen LogP contribution < -0.4 is 0 Å². The minimum Gasteiger partial charge on any atom is -0.293 e. The molecular formula is C17H19NO. The van der Waals surface area contributed by atoms with Crippen LogP contribution in [0, 0.1) is 5.41 Å². The predicted octanol–water partition coefficient (Wildman–Crippen LogP) is 4.39. The van der Waals surface area contributed by atoms with Gasteiger partial charge in [0.25, 0.3) is 0 Å². The van der Waals surface area contributed by atoms with E-state index in [4.69, 9.17) is 0 Å². The van der Waals surface area contributed by atoms with Crippen molar-refractivity contribution in [2.45, 2.75) is 39.0 Å². The van der Waals surface area contributed by atoms with Crippen LogP contribution in [0.2, 0.25) is 0 Å². The molecular weight excluding hydrogens is 234 g/mol. The number of fused-ring (bicyclic) bond motifs is 1. The molecule has 0 unspecified atom stereocenters. The second-order valence-electron chi connectivity index (χ2n) is 5.55. The fourth-order valence-corrected chi connectivity index (χ4v) is 3.37. The van der Waals surface area contributed by atoms with Crippen LogP contribution in [0.5, 0.6) is 0 Å². The molecule has 1 fully saturated rings. The van der Waals surface area contributed by atoms with Crippen molar-refractivity contribution >= 4 is 16.7 Å². The summed E-state index contributed by atoms with van der Waals surface area (Å²) in [6.45, 7) is 2.14. The molecule has 2 heteroatoms. The molecule has 1 aliphatic rings. The third-order valence-electron chi connectivity index (χ3n) is 4.60. The molecule has 0 radical (unpaired) electrons. The van der Waals surface area contributed by atoms with Crippen LogP contribution in [-0.2, 0) is 0 Å². The summed E-state index contributed by atoms with van der Waals surface area (Å²) in [6.07, 6.45) is 7.13. The molecule has 0 saturated heterocycles. The number of carbonyl (C=O) groups excluding carboxylic acids is 1. The van der Waals surface area contributed by atoms with E-state index in [0.29, 0.717) is 5.78 Å². The first kappa shape index (κ1) is 12.3. The highest BCUT2D eigenvalue weighted by atomic mass is 16.1. The number of hydrogen-bond acceptors (Lipinski definition) is 2. The topological polar surface area (TPSA) is 30.0 Å². The number of benzene rings is 1. The van der Waals surface area contributed by atoms with Crippen molar-refractivity contribution in [1.82, 2.24) is 4.98 Å². The summed E-state index contributed by atoms with van der Waals surface area (Å²) in [5.74, 6) is 0.303. The number of nitrogens with zero attached hydrogens (tertiary/aromatic N) is 1. The van der Waals surface area contributed by atoms with Crippen molar-refractivity contribution in [3.8, 4) is 0 Å². The lowest BCUT2D eigenvalue weighted by Crippen LogP contribution is -2.27. The van der Waals surface area contributed by atoms with Crippen molar-refractivity contribution in [2.24, 2.45) is 5.41 Å². The summed E-state index contributed by atoms with van der Waals surface area (Å²) >= 11 is 0. The number of ketones is 1. The second kappa shape index (κ2) is 4.76. The molecule has 0 N–H and O–H groups in total. The normalized spacial score (nSPS) is 17.7. The number of Topliss-reactive ketones (excluding diaryl/α,β-unsaturated/α-hetero) is 1. The molecule has 2 nitrogen and oxygen atoms in total. The maximum atomic E-state index is 13.0. The van der Waals surface area contributed by atoms with E-state index in [-0.39, 0.29) is 5.41 Å². The number of hydrogen-bond donors (Lipinski definition) is 0. The van der Waals surface area contributed by atoms with Gasteiger partial charge in [-0.1, -0.05) is 38.0 Å². The monoisotopic (exact) mass is 253 g/mol. The first-order chi connectivity index (χ1) is 9.27. The van der Waals surface area contributed by atoms with Gasteiger partial charge in [0, 0.05) is 22.6 Å². The molecule has 19 heavy (non-hydrogen) atoms. The van der Waals surface area contributed by atoms with Gasteiger partial charge in [-0.05, 0) is 31.4 Å². The molecule has 0 amide bonds. The van der Waals surface area contributed by atoms with Gasteiger partial charge in [-0.2, -0.15) is 0 Å². The number of pyridine rings is 1. The van der Waals surface area contributed by atoms with Gasteiger partial charge in [0.1, 0.15) is 0 Å². The van der Waals surface area contributed by atoms with E-state index in [1.54, 1.807) is 6.20 Å². The molecule has 0 aliphatic heterocycles. The Morgan fingerprint density at radius 3 is 2.68 bits per heavy atom. The van der Waals surface area contributed by atoms with Crippen LogP contribution in [-0.4, -0.2) is 10.8 Å². The molecule has 0 bridgehead atoms. The Bertz CT molecular complexity index is 606. The second-order valence-corrected chi connectivity index (χ2v) is 5.55. The van der Waals surface area contributed by atoms with E-state index >= 15 is 0 Å². The first-order valence-corrected chi connectivity index (χ1v) is 7.15. The van der Waals surface area contributed by atoms with Crippen LogP contribution in [0.1, 0.15) is 49.4 Å². The molecule has 3 rings (SSSR count). The minimum atomic E-state index is -0.133. The SMILES string of the molecule is CCC1(C(=O)c2cccc3cccnc23)CCCC1. The largest absolute Gasteiger partial charge is 0.293 e. The van der Waals surface area contributed by atoms with Gasteiger partial charge in [0.2, 0.25) is 0 Å². The van der Waals surface area contributed by atoms with Crippen molar-refractivity contribution in [3.63, 3.8) is 0 Å². The summed E-state index contributed by atoms with van der Waals surface area (Å²) in [5, 5.41) is 1.05. The van der Waals surface area contributed by atoms with Crippen molar-refractivity contribution in [2.75, 3.05) is 0 Å². The summed E-state index contributed by atoms with van der Waals surface area (Å²) < 4.78 is 0. The average molecular weight is 253 g/mol. The zero-order chi connectivity index (χ0) is 13.3. The number of rotatable bonds is 3. The van der Waals surface area contributed by atoms with E-state index in [0.717, 1.165) is 35.7 Å². The number of aromatic nitrogens is 1. The van der Waals surface area contributed by atoms with Crippen LogP contribution in [0.3, 0.4) is 0 Å². The van der Waals surface area contributed by atoms with Gasteiger partial charge in [0.05, 0.1) is 5.52 Å². The lowest BCUT2D eigenvalue weighted by molar-refractivity contribution is 0.0793. The third kappa shape index (κ3) is 1.95. The number of para-hydroxylation sites is 1. The third-order valence-corrected chi connectivity index (χ3v) is 4.60. The van der Waals surface area contributed by atoms with Crippen LogP contribution in [0.25, 0.3) is 10.9 Å². The van der Waals surface area contributed by atoms with Crippen LogP contribution in [0.4, 0.5) is 0 Å². The summed E-state index contributed by atoms with van der Waals surface area (Å²) in [7, 11) is 0. The summed E-state index contributed by atoms with van der Waals surface area (Å²) in [6, 6.07) is 9.86. The molecule has 1 heterocycles. The molecule has 1 aliphatic carbocycles. The molecule has 0 atom stereocenters. The Labute approximate surface area is 113 Å². The van der Waals surface area contributed by atoms with Crippen LogP contribution in [0.15, 0.2) is 36.5 Å². The fourth-order valence-electron chi connectivity index (χ4n) is 3.37. The molecule has 1 saturated carbocycles. The summed E-state index contributed by atoms with van der Waals surface area (Å²) in [5.41, 5.74) is 1.53. The van der Waals surface area contributed by atoms with E-state index in [2.05, 4.69) is 11.9 Å². The van der Waals surface area contributed by atoms with Gasteiger partial charge >= 0.3 is 0 Å². The van der Waals surface area contributed by atoms with Crippen molar-refractivity contribution in [3.05, 3.63) is 42.1 Å². The predicted molar refractivity (Wildman–Crippen MR) is 77.3 cm³/mol. The highest BCUT2D eigenvalue weighted by Crippen LogP contribution is 2.44. The number of carbonyl (C=O) groups is 1. The minimum absolute atomic E-state index is 0.133. The quantitative estimate of drug-likeness (QED) is 0.759. The van der Waals surface area contributed by atoms with Gasteiger partial charge in [-0.25, -0.2) is 0 Å². The lowest BCUT2D eigenvalue weighted by atomic mass is 9.76. The van der Waals surface area contributed by atoms with E-state index < -0.39 is 0 Å². The van der Waals surface area contributed by atoms with E-state index in [9.17, 15) is 4.79 Å². The van der Waals surface area contributed by atoms with Crippen molar-refractivity contribution in [1.29, 1.82) is 0 Å². The average Bonchev–Trinajstić information content (AvgIpc) is 2.96. The Hall–Kier alpha value is -1.70. The smallest absolute Gasteiger partial charge is 0.171 e. The van der Waals surface area contributed by atoms with Gasteiger partial charge in [-0.15, -0.1) is 0 Å². The zero-order valence-corrected chi connectivity index (χ0v) is 11.4. The molecule has 98 valence electrons. The Morgan fingerprint density at radius 1 is 1.21 bits per heavy atom. The summed E-state index contributed by atoms with van der Waals surface area (Å²) in [4.78, 5) is 17.4. The molecule has 0 spiro atoms. The molecule has 1 aromatic carbocycles. The Kier molecular flexibility index (Phi) is 3.09. The zero-order valence-electron chi connectivity index (χ0n) is 11.4. The van der Waals surface area contributed by atoms with E-state index in [1.807, 2.05) is 30.3 Å². The maximum Gasteiger partial charge on any atom is 0.171 e. The van der Waals surface area contributed by atoms with E-state index in [1.165, 1.54) is 12.8 Å². The Balaban J connectivity index is 2.11. The van der Waals surface area contributed by atoms with Gasteiger partial charge in [0.15, 0.2) is 5.78 Å². The fraction of sp³-hybridized carbons (Fsp3) is 0.412.